The van der Waals surface area contributed by atoms with Crippen molar-refractivity contribution in [2.45, 2.75) is 19.8 Å². The molecule has 0 amide bonds. The molecule has 0 aromatic heterocycles. The van der Waals surface area contributed by atoms with Crippen molar-refractivity contribution in [3.63, 3.8) is 0 Å². The first kappa shape index (κ1) is 13.6. The largest absolute Gasteiger partial charge is 0.522 e. The van der Waals surface area contributed by atoms with Crippen molar-refractivity contribution in [1.29, 1.82) is 0 Å². The van der Waals surface area contributed by atoms with Gasteiger partial charge in [-0.25, -0.2) is 0 Å². The van der Waals surface area contributed by atoms with Crippen LogP contribution in [0.25, 0.3) is 0 Å². The summed E-state index contributed by atoms with van der Waals surface area (Å²) >= 11 is 0. The Labute approximate surface area is 97.8 Å². The lowest BCUT2D eigenvalue weighted by atomic mass is 9.95. The Bertz CT molecular complexity index is 373. The third-order valence-corrected chi connectivity index (χ3v) is 2.13. The molecule has 0 spiro atoms. The van der Waals surface area contributed by atoms with Crippen LogP contribution < -0.4 is 4.74 Å². The average molecular weight is 245 g/mol. The van der Waals surface area contributed by atoms with Crippen LogP contribution in [0.3, 0.4) is 0 Å². The van der Waals surface area contributed by atoms with Gasteiger partial charge in [-0.3, -0.25) is 0 Å². The fourth-order valence-corrected chi connectivity index (χ4v) is 1.26. The Balaban J connectivity index is 2.47. The summed E-state index contributed by atoms with van der Waals surface area (Å²) in [6.45, 7) is -4.65. The van der Waals surface area contributed by atoms with E-state index in [0.29, 0.717) is 12.8 Å². The lowest BCUT2D eigenvalue weighted by Gasteiger charge is -2.15. The third kappa shape index (κ3) is 5.99. The number of aryl methyl sites for hydroxylation is 1. The molecule has 0 aliphatic heterocycles. The van der Waals surface area contributed by atoms with Crippen LogP contribution in [0, 0.1) is 0 Å². The normalized spacial score (nSPS) is 11.3. The Morgan fingerprint density at radius 2 is 1.82 bits per heavy atom. The second-order valence-corrected chi connectivity index (χ2v) is 3.87. The van der Waals surface area contributed by atoms with Crippen LogP contribution in [-0.4, -0.2) is 19.3 Å². The van der Waals surface area contributed by atoms with Gasteiger partial charge in [0.05, 0.1) is 6.51 Å². The van der Waals surface area contributed by atoms with Crippen LogP contribution in [0.15, 0.2) is 24.3 Å². The minimum Gasteiger partial charge on any atom is -0.522 e. The minimum atomic E-state index is -4.92. The number of hydrogen-bond donors (Lipinski definition) is 0. The zero-order chi connectivity index (χ0) is 12.9. The van der Waals surface area contributed by atoms with Gasteiger partial charge in [0.2, 0.25) is 0 Å². The highest BCUT2D eigenvalue weighted by atomic mass is 19.4. The van der Waals surface area contributed by atoms with Crippen LogP contribution in [0.1, 0.15) is 18.9 Å². The van der Waals surface area contributed by atoms with Crippen molar-refractivity contribution >= 4 is 12.8 Å². The van der Waals surface area contributed by atoms with Crippen LogP contribution in [0.5, 0.6) is 5.75 Å². The topological polar surface area (TPSA) is 26.3 Å². The maximum Gasteiger partial charge on any atom is 0.515 e. The highest BCUT2D eigenvalue weighted by Crippen LogP contribution is 2.16. The fraction of sp³-hybridized carbons (Fsp3) is 0.364. The van der Waals surface area contributed by atoms with E-state index in [1.165, 1.54) is 19.1 Å². The van der Waals surface area contributed by atoms with Crippen LogP contribution >= 0.6 is 0 Å². The molecule has 1 rings (SSSR count). The van der Waals surface area contributed by atoms with Gasteiger partial charge in [0.1, 0.15) is 11.5 Å². The molecule has 0 radical (unpaired) electrons. The maximum atomic E-state index is 11.9. The molecule has 0 atom stereocenters. The summed E-state index contributed by atoms with van der Waals surface area (Å²) in [5.74, 6) is 0.279. The molecular weight excluding hydrogens is 232 g/mol. The zero-order valence-corrected chi connectivity index (χ0v) is 9.46. The van der Waals surface area contributed by atoms with Crippen molar-refractivity contribution in [3.05, 3.63) is 29.8 Å². The van der Waals surface area contributed by atoms with Crippen molar-refractivity contribution in [2.24, 2.45) is 0 Å². The SMILES string of the molecule is CC(=O)CCc1ccc(OC[B-](F)(F)F)cc1. The van der Waals surface area contributed by atoms with E-state index >= 15 is 0 Å². The standard InChI is InChI=1S/C11H13BF3O2/c1-9(16)2-3-10-4-6-11(7-5-10)17-8-12(13,14)15/h4-7H,2-3,8H2,1H3/q-1. The molecule has 17 heavy (non-hydrogen) atoms. The summed E-state index contributed by atoms with van der Waals surface area (Å²) in [5.41, 5.74) is 0.907. The summed E-state index contributed by atoms with van der Waals surface area (Å²) in [6, 6.07) is 6.30. The van der Waals surface area contributed by atoms with Gasteiger partial charge in [0.15, 0.2) is 0 Å². The maximum absolute atomic E-state index is 11.9. The molecule has 6 heteroatoms. The molecule has 0 N–H and O–H groups in total. The van der Waals surface area contributed by atoms with Crippen molar-refractivity contribution in [1.82, 2.24) is 0 Å². The monoisotopic (exact) mass is 245 g/mol. The van der Waals surface area contributed by atoms with E-state index in [1.54, 1.807) is 12.1 Å². The number of ketones is 1. The summed E-state index contributed by atoms with van der Waals surface area (Å²) < 4.78 is 40.4. The van der Waals surface area contributed by atoms with Crippen molar-refractivity contribution < 1.29 is 22.5 Å². The second-order valence-electron chi connectivity index (χ2n) is 3.87. The predicted octanol–water partition coefficient (Wildman–Crippen LogP) is 2.97. The summed E-state index contributed by atoms with van der Waals surface area (Å²) in [4.78, 5) is 10.7. The molecule has 1 aromatic rings. The highest BCUT2D eigenvalue weighted by molar-refractivity contribution is 6.58. The Kier molecular flexibility index (Phi) is 4.60. The lowest BCUT2D eigenvalue weighted by Crippen LogP contribution is -2.26. The molecule has 94 valence electrons. The summed E-state index contributed by atoms with van der Waals surface area (Å²) in [7, 11) is 0. The first-order valence-corrected chi connectivity index (χ1v) is 5.29. The molecule has 0 saturated carbocycles. The number of halogens is 3. The Morgan fingerprint density at radius 3 is 2.29 bits per heavy atom. The molecule has 0 bridgehead atoms. The van der Waals surface area contributed by atoms with E-state index in [-0.39, 0.29) is 11.5 Å². The molecule has 0 unspecified atom stereocenters. The number of hydrogen-bond acceptors (Lipinski definition) is 2. The van der Waals surface area contributed by atoms with Gasteiger partial charge in [-0.1, -0.05) is 12.1 Å². The molecule has 0 aliphatic rings. The van der Waals surface area contributed by atoms with Gasteiger partial charge >= 0.3 is 6.98 Å². The van der Waals surface area contributed by atoms with E-state index in [4.69, 9.17) is 0 Å². The molecular formula is C11H13BF3O2-. The molecule has 0 fully saturated rings. The number of rotatable bonds is 6. The van der Waals surface area contributed by atoms with Gasteiger partial charge in [0.25, 0.3) is 0 Å². The van der Waals surface area contributed by atoms with Crippen LogP contribution in [-0.2, 0) is 11.2 Å². The van der Waals surface area contributed by atoms with Crippen LogP contribution in [0.4, 0.5) is 12.9 Å². The van der Waals surface area contributed by atoms with Gasteiger partial charge < -0.3 is 22.5 Å². The molecule has 0 aliphatic carbocycles. The molecule has 2 nitrogen and oxygen atoms in total. The number of Topliss-reactive ketones (excluding diaryl/α,β-unsaturated/α-hetero) is 1. The lowest BCUT2D eigenvalue weighted by molar-refractivity contribution is -0.116. The Morgan fingerprint density at radius 1 is 1.24 bits per heavy atom. The molecule has 0 heterocycles. The smallest absolute Gasteiger partial charge is 0.515 e. The van der Waals surface area contributed by atoms with Gasteiger partial charge in [-0.15, -0.1) is 0 Å². The van der Waals surface area contributed by atoms with Crippen molar-refractivity contribution in [2.75, 3.05) is 6.51 Å². The van der Waals surface area contributed by atoms with Gasteiger partial charge in [-0.05, 0) is 31.0 Å². The zero-order valence-electron chi connectivity index (χ0n) is 9.46. The van der Waals surface area contributed by atoms with E-state index in [1.807, 2.05) is 0 Å². The molecule has 0 saturated heterocycles. The van der Waals surface area contributed by atoms with E-state index in [0.717, 1.165) is 5.56 Å². The molecule has 1 aromatic carbocycles. The quantitative estimate of drug-likeness (QED) is 0.720. The van der Waals surface area contributed by atoms with E-state index in [2.05, 4.69) is 4.74 Å². The predicted molar refractivity (Wildman–Crippen MR) is 60.0 cm³/mol. The summed E-state index contributed by atoms with van der Waals surface area (Å²) in [6.07, 6.45) is 1.03. The second kappa shape index (κ2) is 5.75. The first-order valence-electron chi connectivity index (χ1n) is 5.29. The third-order valence-electron chi connectivity index (χ3n) is 2.13. The van der Waals surface area contributed by atoms with E-state index in [9.17, 15) is 17.7 Å². The first-order chi connectivity index (χ1) is 7.87. The van der Waals surface area contributed by atoms with E-state index < -0.39 is 13.5 Å². The van der Waals surface area contributed by atoms with Crippen molar-refractivity contribution in [3.8, 4) is 5.75 Å². The number of benzene rings is 1. The average Bonchev–Trinajstić information content (AvgIpc) is 2.24. The summed E-state index contributed by atoms with van der Waals surface area (Å²) in [5, 5.41) is 0. The van der Waals surface area contributed by atoms with Crippen LogP contribution in [0.2, 0.25) is 0 Å². The minimum absolute atomic E-state index is 0.0881. The highest BCUT2D eigenvalue weighted by Gasteiger charge is 2.24. The van der Waals surface area contributed by atoms with Gasteiger partial charge in [-0.2, -0.15) is 0 Å². The number of carbonyl (C=O) groups is 1. The Hall–Kier alpha value is -1.46. The number of ether oxygens (including phenoxy) is 1. The fourth-order valence-electron chi connectivity index (χ4n) is 1.26. The number of carbonyl (C=O) groups excluding carboxylic acids is 1. The van der Waals surface area contributed by atoms with Gasteiger partial charge in [0, 0.05) is 6.42 Å².